The topological polar surface area (TPSA) is 107 Å². The maximum Gasteiger partial charge on any atom is 0.428 e. The highest BCUT2D eigenvalue weighted by Crippen LogP contribution is 2.43. The van der Waals surface area contributed by atoms with Gasteiger partial charge in [0.05, 0.1) is 19.3 Å². The van der Waals surface area contributed by atoms with Crippen LogP contribution in [0.15, 0.2) is 36.4 Å². The quantitative estimate of drug-likeness (QED) is 0.351. The highest BCUT2D eigenvalue weighted by molar-refractivity contribution is 6.32. The first-order chi connectivity index (χ1) is 16.8. The van der Waals surface area contributed by atoms with Crippen LogP contribution >= 0.6 is 23.2 Å². The molecule has 1 N–H and O–H groups in total. The second-order valence-electron chi connectivity index (χ2n) is 7.82. The molecule has 12 heteroatoms. The lowest BCUT2D eigenvalue weighted by Gasteiger charge is -2.22. The van der Waals surface area contributed by atoms with Gasteiger partial charge in [-0.2, -0.15) is 5.10 Å². The summed E-state index contributed by atoms with van der Waals surface area (Å²) in [6, 6.07) is 9.29. The molecule has 0 bridgehead atoms. The van der Waals surface area contributed by atoms with Gasteiger partial charge in [-0.3, -0.25) is 10.2 Å². The van der Waals surface area contributed by atoms with Gasteiger partial charge in [0.25, 0.3) is 11.8 Å². The summed E-state index contributed by atoms with van der Waals surface area (Å²) < 4.78 is 25.4. The summed E-state index contributed by atoms with van der Waals surface area (Å²) in [7, 11) is 1.16. The third-order valence-electron chi connectivity index (χ3n) is 5.20. The van der Waals surface area contributed by atoms with E-state index >= 15 is 0 Å². The molecule has 0 radical (unpaired) electrons. The fourth-order valence-electron chi connectivity index (χ4n) is 3.31. The highest BCUT2D eigenvalue weighted by atomic mass is 35.5. The number of carbonyl (C=O) groups excluding carboxylic acids is 2. The monoisotopic (exact) mass is 519 g/mol. The van der Waals surface area contributed by atoms with Crippen LogP contribution in [0.2, 0.25) is 10.3 Å². The average molecular weight is 520 g/mol. The number of ether oxygens (including phenoxy) is 2. The zero-order chi connectivity index (χ0) is 25.1. The maximum absolute atomic E-state index is 15.0. The number of amides is 2. The molecule has 182 valence electrons. The van der Waals surface area contributed by atoms with Crippen molar-refractivity contribution >= 4 is 35.2 Å². The van der Waals surface area contributed by atoms with Crippen LogP contribution in [0.1, 0.15) is 45.9 Å². The smallest absolute Gasteiger partial charge is 0.428 e. The van der Waals surface area contributed by atoms with Gasteiger partial charge in [-0.05, 0) is 49.4 Å². The number of methoxy groups -OCH3 is 1. The van der Waals surface area contributed by atoms with E-state index in [0.717, 1.165) is 25.0 Å². The molecule has 2 aromatic heterocycles. The van der Waals surface area contributed by atoms with E-state index in [4.69, 9.17) is 32.7 Å². The van der Waals surface area contributed by atoms with Crippen LogP contribution in [0, 0.1) is 12.7 Å². The van der Waals surface area contributed by atoms with Crippen LogP contribution in [0.5, 0.6) is 11.6 Å². The van der Waals surface area contributed by atoms with Gasteiger partial charge in [0, 0.05) is 5.56 Å². The maximum atomic E-state index is 15.0. The first-order valence-corrected chi connectivity index (χ1v) is 11.3. The Kier molecular flexibility index (Phi) is 7.32. The van der Waals surface area contributed by atoms with E-state index in [1.54, 1.807) is 25.1 Å². The van der Waals surface area contributed by atoms with E-state index in [9.17, 15) is 14.0 Å². The van der Waals surface area contributed by atoms with Crippen LogP contribution in [0.25, 0.3) is 0 Å². The van der Waals surface area contributed by atoms with Crippen molar-refractivity contribution in [2.24, 2.45) is 0 Å². The number of benzene rings is 1. The predicted octanol–water partition coefficient (Wildman–Crippen LogP) is 5.21. The molecule has 1 aromatic carbocycles. The van der Waals surface area contributed by atoms with Crippen LogP contribution in [0.3, 0.4) is 0 Å². The van der Waals surface area contributed by atoms with E-state index in [1.165, 1.54) is 18.2 Å². The molecule has 0 spiro atoms. The largest absolute Gasteiger partial charge is 0.452 e. The van der Waals surface area contributed by atoms with Crippen molar-refractivity contribution in [3.8, 4) is 11.6 Å². The molecule has 2 heterocycles. The molecule has 2 amide bonds. The van der Waals surface area contributed by atoms with Gasteiger partial charge < -0.3 is 9.47 Å². The minimum atomic E-state index is -0.867. The van der Waals surface area contributed by atoms with Crippen molar-refractivity contribution in [3.05, 3.63) is 74.9 Å². The average Bonchev–Trinajstić information content (AvgIpc) is 3.67. The summed E-state index contributed by atoms with van der Waals surface area (Å²) >= 11 is 11.9. The zero-order valence-electron chi connectivity index (χ0n) is 18.7. The summed E-state index contributed by atoms with van der Waals surface area (Å²) in [6.07, 6.45) is 0.956. The Bertz CT molecular complexity index is 1290. The molecule has 1 fully saturated rings. The van der Waals surface area contributed by atoms with E-state index in [0.29, 0.717) is 16.8 Å². The summed E-state index contributed by atoms with van der Waals surface area (Å²) in [4.78, 5) is 29.4. The van der Waals surface area contributed by atoms with E-state index in [2.05, 4.69) is 20.6 Å². The highest BCUT2D eigenvalue weighted by Gasteiger charge is 2.29. The Morgan fingerprint density at radius 2 is 1.97 bits per heavy atom. The number of nitrogens with zero attached hydrogens (tertiary/aromatic N) is 4. The number of halogens is 3. The second-order valence-corrected chi connectivity index (χ2v) is 8.57. The van der Waals surface area contributed by atoms with Crippen LogP contribution in [-0.2, 0) is 11.3 Å². The molecule has 35 heavy (non-hydrogen) atoms. The number of pyridine rings is 1. The van der Waals surface area contributed by atoms with Crippen molar-refractivity contribution in [1.82, 2.24) is 25.6 Å². The number of hydrogen-bond donors (Lipinski definition) is 1. The van der Waals surface area contributed by atoms with Crippen molar-refractivity contribution in [3.63, 3.8) is 0 Å². The van der Waals surface area contributed by atoms with Gasteiger partial charge in [0.15, 0.2) is 11.6 Å². The number of aromatic nitrogens is 3. The molecule has 0 saturated heterocycles. The fraction of sp³-hybridized carbons (Fsp3) is 0.261. The number of nitrogens with one attached hydrogen (secondary N) is 1. The standard InChI is InChI=1S/C23H20Cl2FN5O4/c1-12-10-16(22(29-28-12)35-17-5-3-4-15(19(17)26)13-6-7-13)21(32)30-31(23(33)34-2)11-14-8-9-18(24)27-20(14)25/h3-5,8-10,13H,6-7,11H2,1-2H3,(H,30,32). The molecule has 0 atom stereocenters. The minimum Gasteiger partial charge on any atom is -0.452 e. The summed E-state index contributed by atoms with van der Waals surface area (Å²) in [5.74, 6) is -1.42. The van der Waals surface area contributed by atoms with Gasteiger partial charge in [0.2, 0.25) is 0 Å². The first-order valence-electron chi connectivity index (χ1n) is 10.5. The Morgan fingerprint density at radius 1 is 1.20 bits per heavy atom. The summed E-state index contributed by atoms with van der Waals surface area (Å²) in [6.45, 7) is 1.45. The summed E-state index contributed by atoms with van der Waals surface area (Å²) in [5, 5.41) is 8.96. The van der Waals surface area contributed by atoms with Gasteiger partial charge in [-0.15, -0.1) is 5.10 Å². The normalized spacial score (nSPS) is 12.7. The van der Waals surface area contributed by atoms with E-state index in [-0.39, 0.29) is 40.0 Å². The molecule has 9 nitrogen and oxygen atoms in total. The number of hydrogen-bond acceptors (Lipinski definition) is 7. The molecule has 3 aromatic rings. The number of carbonyl (C=O) groups is 2. The molecule has 1 aliphatic carbocycles. The predicted molar refractivity (Wildman–Crippen MR) is 125 cm³/mol. The zero-order valence-corrected chi connectivity index (χ0v) is 20.2. The van der Waals surface area contributed by atoms with Gasteiger partial charge >= 0.3 is 6.09 Å². The second kappa shape index (κ2) is 10.4. The molecule has 4 rings (SSSR count). The molecule has 1 aliphatic rings. The third kappa shape index (κ3) is 5.77. The van der Waals surface area contributed by atoms with Gasteiger partial charge in [-0.25, -0.2) is 19.2 Å². The SMILES string of the molecule is COC(=O)N(Cc1ccc(Cl)nc1Cl)NC(=O)c1cc(C)nnc1Oc1cccc(C2CC2)c1F. The lowest BCUT2D eigenvalue weighted by molar-refractivity contribution is 0.0688. The lowest BCUT2D eigenvalue weighted by Crippen LogP contribution is -2.45. The van der Waals surface area contributed by atoms with Gasteiger partial charge in [0.1, 0.15) is 15.9 Å². The Hall–Kier alpha value is -3.50. The van der Waals surface area contributed by atoms with Crippen molar-refractivity contribution < 1.29 is 23.5 Å². The number of rotatable bonds is 6. The summed E-state index contributed by atoms with van der Waals surface area (Å²) in [5.41, 5.74) is 3.74. The Balaban J connectivity index is 1.60. The van der Waals surface area contributed by atoms with Crippen LogP contribution in [0.4, 0.5) is 9.18 Å². The third-order valence-corrected chi connectivity index (χ3v) is 5.73. The first kappa shape index (κ1) is 24.6. The van der Waals surface area contributed by atoms with Crippen LogP contribution < -0.4 is 10.2 Å². The van der Waals surface area contributed by atoms with Crippen LogP contribution in [-0.4, -0.2) is 39.3 Å². The molecule has 0 aliphatic heterocycles. The van der Waals surface area contributed by atoms with Crippen molar-refractivity contribution in [2.75, 3.05) is 7.11 Å². The number of aryl methyl sites for hydroxylation is 1. The van der Waals surface area contributed by atoms with Gasteiger partial charge in [-0.1, -0.05) is 41.4 Å². The van der Waals surface area contributed by atoms with Crippen molar-refractivity contribution in [2.45, 2.75) is 32.2 Å². The molecular formula is C23H20Cl2FN5O4. The molecular weight excluding hydrogens is 500 g/mol. The lowest BCUT2D eigenvalue weighted by atomic mass is 10.1. The number of hydrazine groups is 1. The molecule has 0 unspecified atom stereocenters. The minimum absolute atomic E-state index is 0.0529. The molecule has 1 saturated carbocycles. The Morgan fingerprint density at radius 3 is 2.66 bits per heavy atom. The van der Waals surface area contributed by atoms with E-state index in [1.807, 2.05) is 0 Å². The van der Waals surface area contributed by atoms with E-state index < -0.39 is 17.8 Å². The Labute approximate surface area is 210 Å². The van der Waals surface area contributed by atoms with Crippen molar-refractivity contribution in [1.29, 1.82) is 0 Å². The fourth-order valence-corrected chi connectivity index (χ4v) is 3.71.